The van der Waals surface area contributed by atoms with Crippen LogP contribution < -0.4 is 5.32 Å². The number of ether oxygens (including phenoxy) is 3. The Morgan fingerprint density at radius 2 is 2.07 bits per heavy atom. The Labute approximate surface area is 167 Å². The standard InChI is InChI=1S/C23H30FNO3/c1-17-5-3-8-21(13-23(17)28-16-26-2)27-15-19-14-25-12-11-22(19)18-6-4-7-20(24)10-9-18/h3,5-7,9-10,13,19,22,25H,4,8,11-12,14-16H2,1-2H3. The molecule has 1 saturated heterocycles. The van der Waals surface area contributed by atoms with Gasteiger partial charge in [0.2, 0.25) is 0 Å². The van der Waals surface area contributed by atoms with Gasteiger partial charge in [0.25, 0.3) is 0 Å². The second-order valence-corrected chi connectivity index (χ2v) is 7.35. The molecule has 4 nitrogen and oxygen atoms in total. The van der Waals surface area contributed by atoms with E-state index in [-0.39, 0.29) is 12.6 Å². The lowest BCUT2D eigenvalue weighted by Gasteiger charge is -2.33. The highest BCUT2D eigenvalue weighted by molar-refractivity contribution is 5.33. The molecule has 2 aliphatic carbocycles. The van der Waals surface area contributed by atoms with Gasteiger partial charge in [-0.3, -0.25) is 0 Å². The van der Waals surface area contributed by atoms with Crippen molar-refractivity contribution < 1.29 is 18.6 Å². The minimum Gasteiger partial charge on any atom is -0.497 e. The van der Waals surface area contributed by atoms with Crippen molar-refractivity contribution in [2.24, 2.45) is 11.8 Å². The molecule has 3 rings (SSSR count). The molecule has 5 heteroatoms. The second kappa shape index (κ2) is 10.4. The molecule has 0 radical (unpaired) electrons. The Morgan fingerprint density at radius 3 is 2.93 bits per heavy atom. The zero-order valence-electron chi connectivity index (χ0n) is 16.7. The molecular weight excluding hydrogens is 357 g/mol. The third-order valence-corrected chi connectivity index (χ3v) is 5.32. The molecule has 1 N–H and O–H groups in total. The van der Waals surface area contributed by atoms with E-state index >= 15 is 0 Å². The molecule has 0 aromatic heterocycles. The van der Waals surface area contributed by atoms with Crippen molar-refractivity contribution in [3.05, 3.63) is 71.0 Å². The number of hydrogen-bond donors (Lipinski definition) is 1. The average Bonchev–Trinajstić information content (AvgIpc) is 3.03. The molecule has 1 fully saturated rings. The van der Waals surface area contributed by atoms with Crippen LogP contribution in [0.2, 0.25) is 0 Å². The summed E-state index contributed by atoms with van der Waals surface area (Å²) in [5.74, 6) is 2.23. The summed E-state index contributed by atoms with van der Waals surface area (Å²) in [4.78, 5) is 0. The van der Waals surface area contributed by atoms with Crippen molar-refractivity contribution in [3.63, 3.8) is 0 Å². The van der Waals surface area contributed by atoms with Crippen molar-refractivity contribution in [1.29, 1.82) is 0 Å². The van der Waals surface area contributed by atoms with Crippen LogP contribution in [0.1, 0.15) is 26.2 Å². The van der Waals surface area contributed by atoms with Crippen LogP contribution >= 0.6 is 0 Å². The first kappa shape index (κ1) is 20.6. The summed E-state index contributed by atoms with van der Waals surface area (Å²) in [6, 6.07) is 0. The monoisotopic (exact) mass is 387 g/mol. The maximum absolute atomic E-state index is 13.5. The van der Waals surface area contributed by atoms with E-state index in [9.17, 15) is 4.39 Å². The van der Waals surface area contributed by atoms with Crippen LogP contribution in [-0.4, -0.2) is 33.6 Å². The fourth-order valence-electron chi connectivity index (χ4n) is 3.78. The number of methoxy groups -OCH3 is 1. The van der Waals surface area contributed by atoms with E-state index in [1.165, 1.54) is 5.57 Å². The van der Waals surface area contributed by atoms with Gasteiger partial charge in [0.15, 0.2) is 6.79 Å². The molecule has 0 spiro atoms. The lowest BCUT2D eigenvalue weighted by atomic mass is 9.80. The Hall–Kier alpha value is -2.11. The Bertz CT molecular complexity index is 730. The van der Waals surface area contributed by atoms with Crippen LogP contribution in [0.4, 0.5) is 4.39 Å². The van der Waals surface area contributed by atoms with Crippen LogP contribution in [0.15, 0.2) is 71.0 Å². The molecule has 28 heavy (non-hydrogen) atoms. The molecular formula is C23H30FNO3. The maximum Gasteiger partial charge on any atom is 0.188 e. The minimum absolute atomic E-state index is 0.158. The summed E-state index contributed by atoms with van der Waals surface area (Å²) in [6.07, 6.45) is 15.8. The predicted octanol–water partition coefficient (Wildman–Crippen LogP) is 4.71. The van der Waals surface area contributed by atoms with Gasteiger partial charge in [-0.15, -0.1) is 0 Å². The first-order valence-corrected chi connectivity index (χ1v) is 9.94. The molecule has 0 amide bonds. The van der Waals surface area contributed by atoms with Crippen LogP contribution in [0.3, 0.4) is 0 Å². The Balaban J connectivity index is 1.65. The third kappa shape index (κ3) is 5.69. The largest absolute Gasteiger partial charge is 0.497 e. The summed E-state index contributed by atoms with van der Waals surface area (Å²) in [5, 5.41) is 3.47. The van der Waals surface area contributed by atoms with Crippen molar-refractivity contribution in [2.75, 3.05) is 33.6 Å². The van der Waals surface area contributed by atoms with E-state index in [0.717, 1.165) is 43.0 Å². The van der Waals surface area contributed by atoms with Gasteiger partial charge in [-0.25, -0.2) is 4.39 Å². The normalized spacial score (nSPS) is 25.5. The summed E-state index contributed by atoms with van der Waals surface area (Å²) in [6.45, 7) is 4.72. The average molecular weight is 387 g/mol. The molecule has 2 unspecified atom stereocenters. The summed E-state index contributed by atoms with van der Waals surface area (Å²) in [5.41, 5.74) is 2.27. The number of hydrogen-bond acceptors (Lipinski definition) is 4. The lowest BCUT2D eigenvalue weighted by Crippen LogP contribution is -2.39. The molecule has 0 aromatic carbocycles. The van der Waals surface area contributed by atoms with E-state index in [1.807, 2.05) is 25.2 Å². The lowest BCUT2D eigenvalue weighted by molar-refractivity contribution is 0.00857. The first-order valence-electron chi connectivity index (χ1n) is 9.94. The van der Waals surface area contributed by atoms with Gasteiger partial charge in [0.05, 0.1) is 6.61 Å². The van der Waals surface area contributed by atoms with Gasteiger partial charge < -0.3 is 19.5 Å². The van der Waals surface area contributed by atoms with E-state index in [0.29, 0.717) is 24.9 Å². The quantitative estimate of drug-likeness (QED) is 0.643. The zero-order valence-corrected chi connectivity index (χ0v) is 16.7. The van der Waals surface area contributed by atoms with E-state index in [4.69, 9.17) is 14.2 Å². The summed E-state index contributed by atoms with van der Waals surface area (Å²) in [7, 11) is 1.61. The zero-order chi connectivity index (χ0) is 19.8. The van der Waals surface area contributed by atoms with Crippen molar-refractivity contribution in [2.45, 2.75) is 26.2 Å². The second-order valence-electron chi connectivity index (χ2n) is 7.35. The Kier molecular flexibility index (Phi) is 7.69. The molecule has 152 valence electrons. The number of piperidine rings is 1. The molecule has 3 aliphatic rings. The number of halogens is 1. The highest BCUT2D eigenvalue weighted by atomic mass is 19.1. The first-order chi connectivity index (χ1) is 13.7. The summed E-state index contributed by atoms with van der Waals surface area (Å²) < 4.78 is 30.4. The molecule has 1 aliphatic heterocycles. The van der Waals surface area contributed by atoms with Crippen molar-refractivity contribution in [3.8, 4) is 0 Å². The molecule has 0 aromatic rings. The van der Waals surface area contributed by atoms with E-state index in [2.05, 4.69) is 17.5 Å². The molecule has 0 saturated carbocycles. The van der Waals surface area contributed by atoms with Gasteiger partial charge in [-0.2, -0.15) is 0 Å². The molecule has 0 bridgehead atoms. The minimum atomic E-state index is -0.158. The van der Waals surface area contributed by atoms with Gasteiger partial charge in [-0.1, -0.05) is 24.3 Å². The number of rotatable bonds is 7. The summed E-state index contributed by atoms with van der Waals surface area (Å²) >= 11 is 0. The fourth-order valence-corrected chi connectivity index (χ4v) is 3.78. The fraction of sp³-hybridized carbons (Fsp3) is 0.478. The van der Waals surface area contributed by atoms with Crippen molar-refractivity contribution >= 4 is 0 Å². The smallest absolute Gasteiger partial charge is 0.188 e. The third-order valence-electron chi connectivity index (χ3n) is 5.32. The predicted molar refractivity (Wildman–Crippen MR) is 109 cm³/mol. The van der Waals surface area contributed by atoms with Gasteiger partial charge in [0, 0.05) is 32.1 Å². The van der Waals surface area contributed by atoms with Crippen LogP contribution in [-0.2, 0) is 14.2 Å². The Morgan fingerprint density at radius 1 is 1.18 bits per heavy atom. The van der Waals surface area contributed by atoms with Gasteiger partial charge in [0.1, 0.15) is 17.3 Å². The van der Waals surface area contributed by atoms with Crippen LogP contribution in [0.25, 0.3) is 0 Å². The van der Waals surface area contributed by atoms with E-state index < -0.39 is 0 Å². The highest BCUT2D eigenvalue weighted by Crippen LogP contribution is 2.31. The van der Waals surface area contributed by atoms with Crippen molar-refractivity contribution in [1.82, 2.24) is 5.32 Å². The van der Waals surface area contributed by atoms with Gasteiger partial charge in [-0.05, 0) is 55.5 Å². The van der Waals surface area contributed by atoms with Crippen LogP contribution in [0, 0.1) is 11.8 Å². The number of allylic oxidation sites excluding steroid dienone is 10. The van der Waals surface area contributed by atoms with Gasteiger partial charge >= 0.3 is 0 Å². The topological polar surface area (TPSA) is 39.7 Å². The van der Waals surface area contributed by atoms with E-state index in [1.54, 1.807) is 19.3 Å². The number of nitrogens with one attached hydrogen (secondary N) is 1. The SMILES string of the molecule is COCOC1=C(C)C=CCC(OCC2CNCCC2C2=CCC=C(F)C=C2)=C1. The molecule has 2 atom stereocenters. The maximum atomic E-state index is 13.5. The molecule has 1 heterocycles. The highest BCUT2D eigenvalue weighted by Gasteiger charge is 2.28. The van der Waals surface area contributed by atoms with Crippen LogP contribution in [0.5, 0.6) is 0 Å².